The van der Waals surface area contributed by atoms with Crippen LogP contribution in [0.2, 0.25) is 6.04 Å². The maximum atomic E-state index is 8.63. The first-order valence-corrected chi connectivity index (χ1v) is 6.14. The summed E-state index contributed by atoms with van der Waals surface area (Å²) in [6, 6.07) is 0.180. The maximum Gasteiger partial charge on any atom is 0.492 e. The average molecular weight is 178 g/mol. The van der Waals surface area contributed by atoms with Gasteiger partial charge in [-0.1, -0.05) is 26.7 Å². The van der Waals surface area contributed by atoms with Gasteiger partial charge in [-0.25, -0.2) is 0 Å². The van der Waals surface area contributed by atoms with Crippen LogP contribution < -0.4 is 0 Å². The summed E-state index contributed by atoms with van der Waals surface area (Å²) in [7, 11) is -3.73. The molecule has 0 rings (SSSR count). The summed E-state index contributed by atoms with van der Waals surface area (Å²) >= 11 is 0. The van der Waals surface area contributed by atoms with Crippen LogP contribution in [0, 0.1) is 5.92 Å². The van der Waals surface area contributed by atoms with Gasteiger partial charge in [0.1, 0.15) is 0 Å². The Bertz CT molecular complexity index is 98.3. The van der Waals surface area contributed by atoms with Crippen molar-refractivity contribution in [3.05, 3.63) is 0 Å². The van der Waals surface area contributed by atoms with E-state index >= 15 is 0 Å². The fraction of sp³-hybridized carbons (Fsp3) is 1.00. The van der Waals surface area contributed by atoms with Crippen LogP contribution in [0.5, 0.6) is 0 Å². The van der Waals surface area contributed by atoms with Gasteiger partial charge in [0.2, 0.25) is 0 Å². The highest BCUT2D eigenvalue weighted by molar-refractivity contribution is 6.56. The molecule has 3 nitrogen and oxygen atoms in total. The molecule has 0 bridgehead atoms. The molecular weight excluding hydrogens is 160 g/mol. The third kappa shape index (κ3) is 10.1. The molecule has 0 aromatic rings. The zero-order valence-electron chi connectivity index (χ0n) is 7.25. The molecule has 0 saturated carbocycles. The van der Waals surface area contributed by atoms with E-state index in [0.717, 1.165) is 12.8 Å². The third-order valence-corrected chi connectivity index (χ3v) is 2.57. The minimum absolute atomic E-state index is 0.180. The first-order valence-electron chi connectivity index (χ1n) is 4.09. The smallest absolute Gasteiger partial charge is 0.390 e. The van der Waals surface area contributed by atoms with Crippen LogP contribution in [0.25, 0.3) is 0 Å². The van der Waals surface area contributed by atoms with E-state index in [2.05, 4.69) is 13.8 Å². The van der Waals surface area contributed by atoms with Crippen LogP contribution in [0.15, 0.2) is 0 Å². The highest BCUT2D eigenvalue weighted by atomic mass is 28.4. The number of unbranched alkanes of at least 4 members (excludes halogenated alkanes) is 1. The second kappa shape index (κ2) is 4.87. The lowest BCUT2D eigenvalue weighted by Crippen LogP contribution is -2.33. The Morgan fingerprint density at radius 1 is 1.09 bits per heavy atom. The molecule has 0 atom stereocenters. The summed E-state index contributed by atoms with van der Waals surface area (Å²) in [4.78, 5) is 25.9. The summed E-state index contributed by atoms with van der Waals surface area (Å²) in [5.74, 6) is 0.655. The minimum Gasteiger partial charge on any atom is -0.390 e. The van der Waals surface area contributed by atoms with Gasteiger partial charge in [0.25, 0.3) is 0 Å². The zero-order valence-corrected chi connectivity index (χ0v) is 8.25. The monoisotopic (exact) mass is 178 g/mol. The predicted octanol–water partition coefficient (Wildman–Crippen LogP) is 0.728. The molecule has 0 aliphatic rings. The second-order valence-corrected chi connectivity index (χ2v) is 5.46. The van der Waals surface area contributed by atoms with Crippen LogP contribution in [-0.2, 0) is 0 Å². The van der Waals surface area contributed by atoms with Crippen LogP contribution in [0.1, 0.15) is 33.1 Å². The lowest BCUT2D eigenvalue weighted by atomic mass is 10.1. The van der Waals surface area contributed by atoms with Crippen molar-refractivity contribution >= 4 is 8.80 Å². The second-order valence-electron chi connectivity index (χ2n) is 3.41. The van der Waals surface area contributed by atoms with Crippen molar-refractivity contribution in [1.29, 1.82) is 0 Å². The molecular formula is C7H18O3Si. The first-order chi connectivity index (χ1) is 4.92. The molecule has 0 saturated heterocycles. The molecule has 0 aliphatic heterocycles. The maximum absolute atomic E-state index is 8.63. The van der Waals surface area contributed by atoms with Crippen molar-refractivity contribution in [2.45, 2.75) is 39.2 Å². The van der Waals surface area contributed by atoms with E-state index in [0.29, 0.717) is 12.3 Å². The van der Waals surface area contributed by atoms with Gasteiger partial charge in [-0.2, -0.15) is 0 Å². The van der Waals surface area contributed by atoms with Gasteiger partial charge < -0.3 is 14.4 Å². The van der Waals surface area contributed by atoms with E-state index in [9.17, 15) is 0 Å². The van der Waals surface area contributed by atoms with E-state index in [1.165, 1.54) is 0 Å². The Morgan fingerprint density at radius 2 is 1.64 bits per heavy atom. The topological polar surface area (TPSA) is 60.7 Å². The normalized spacial score (nSPS) is 12.5. The molecule has 3 N–H and O–H groups in total. The lowest BCUT2D eigenvalue weighted by Gasteiger charge is -2.09. The lowest BCUT2D eigenvalue weighted by molar-refractivity contribution is 0.225. The number of rotatable bonds is 5. The molecule has 0 heterocycles. The van der Waals surface area contributed by atoms with Gasteiger partial charge in [0, 0.05) is 6.04 Å². The van der Waals surface area contributed by atoms with E-state index in [1.54, 1.807) is 0 Å². The first kappa shape index (κ1) is 11.1. The largest absolute Gasteiger partial charge is 0.492 e. The van der Waals surface area contributed by atoms with Crippen molar-refractivity contribution in [3.63, 3.8) is 0 Å². The van der Waals surface area contributed by atoms with Crippen LogP contribution in [0.3, 0.4) is 0 Å². The van der Waals surface area contributed by atoms with Crippen LogP contribution in [-0.4, -0.2) is 23.2 Å². The van der Waals surface area contributed by atoms with E-state index in [1.807, 2.05) is 0 Å². The van der Waals surface area contributed by atoms with Crippen LogP contribution >= 0.6 is 0 Å². The van der Waals surface area contributed by atoms with Gasteiger partial charge >= 0.3 is 8.80 Å². The predicted molar refractivity (Wildman–Crippen MR) is 45.9 cm³/mol. The van der Waals surface area contributed by atoms with E-state index in [4.69, 9.17) is 14.4 Å². The van der Waals surface area contributed by atoms with Crippen molar-refractivity contribution in [2.24, 2.45) is 5.92 Å². The fourth-order valence-corrected chi connectivity index (χ4v) is 1.64. The van der Waals surface area contributed by atoms with Crippen molar-refractivity contribution in [3.8, 4) is 0 Å². The van der Waals surface area contributed by atoms with Gasteiger partial charge in [-0.15, -0.1) is 0 Å². The highest BCUT2D eigenvalue weighted by Crippen LogP contribution is 2.11. The molecule has 0 radical (unpaired) electrons. The average Bonchev–Trinajstić information content (AvgIpc) is 1.78. The minimum atomic E-state index is -3.73. The highest BCUT2D eigenvalue weighted by Gasteiger charge is 2.25. The summed E-state index contributed by atoms with van der Waals surface area (Å²) in [6.45, 7) is 4.25. The Hall–Kier alpha value is 0.0969. The molecule has 0 amide bonds. The summed E-state index contributed by atoms with van der Waals surface area (Å²) in [6.07, 6.45) is 2.77. The molecule has 68 valence electrons. The van der Waals surface area contributed by atoms with Crippen molar-refractivity contribution in [2.75, 3.05) is 0 Å². The van der Waals surface area contributed by atoms with Gasteiger partial charge in [-0.3, -0.25) is 0 Å². The molecule has 0 spiro atoms. The molecule has 11 heavy (non-hydrogen) atoms. The molecule has 0 aromatic carbocycles. The van der Waals surface area contributed by atoms with Gasteiger partial charge in [-0.05, 0) is 12.3 Å². The zero-order chi connectivity index (χ0) is 8.91. The number of hydrogen-bond donors (Lipinski definition) is 3. The summed E-state index contributed by atoms with van der Waals surface area (Å²) in [5, 5.41) is 0. The summed E-state index contributed by atoms with van der Waals surface area (Å²) in [5.41, 5.74) is 0. The molecule has 0 fully saturated rings. The summed E-state index contributed by atoms with van der Waals surface area (Å²) < 4.78 is 0. The van der Waals surface area contributed by atoms with Crippen LogP contribution in [0.4, 0.5) is 0 Å². The SMILES string of the molecule is CC(C)CCCC[Si](O)(O)O. The van der Waals surface area contributed by atoms with E-state index in [-0.39, 0.29) is 6.04 Å². The molecule has 0 aromatic heterocycles. The fourth-order valence-electron chi connectivity index (χ4n) is 0.915. The van der Waals surface area contributed by atoms with E-state index < -0.39 is 8.80 Å². The van der Waals surface area contributed by atoms with Crippen molar-refractivity contribution in [1.82, 2.24) is 0 Å². The Morgan fingerprint density at radius 3 is 2.00 bits per heavy atom. The molecule has 0 unspecified atom stereocenters. The van der Waals surface area contributed by atoms with Crippen molar-refractivity contribution < 1.29 is 14.4 Å². The number of hydrogen-bond acceptors (Lipinski definition) is 3. The van der Waals surface area contributed by atoms with Gasteiger partial charge in [0.15, 0.2) is 0 Å². The molecule has 4 heteroatoms. The quantitative estimate of drug-likeness (QED) is 0.429. The molecule has 0 aliphatic carbocycles. The Kier molecular flexibility index (Phi) is 4.91. The van der Waals surface area contributed by atoms with Gasteiger partial charge in [0.05, 0.1) is 0 Å². The Balaban J connectivity index is 3.15. The Labute approximate surface area is 69.1 Å². The standard InChI is InChI=1S/C7H18O3Si/c1-7(2)5-3-4-6-11(8,9)10/h7-10H,3-6H2,1-2H3. The third-order valence-electron chi connectivity index (χ3n) is 1.54.